The predicted molar refractivity (Wildman–Crippen MR) is 137 cm³/mol. The summed E-state index contributed by atoms with van der Waals surface area (Å²) in [6.45, 7) is 3.03. The van der Waals surface area contributed by atoms with Gasteiger partial charge in [0.1, 0.15) is 0 Å². The molecule has 2 aliphatic carbocycles. The Morgan fingerprint density at radius 3 is 2.02 bits per heavy atom. The molecule has 16 heteroatoms. The first-order valence-corrected chi connectivity index (χ1v) is 13.7. The average molecular weight is 601 g/mol. The first-order chi connectivity index (χ1) is 19.1. The van der Waals surface area contributed by atoms with Gasteiger partial charge in [-0.15, -0.1) is 0 Å². The summed E-state index contributed by atoms with van der Waals surface area (Å²) < 4.78 is 75.1. The van der Waals surface area contributed by atoms with E-state index < -0.39 is 42.7 Å². The van der Waals surface area contributed by atoms with Crippen molar-refractivity contribution in [3.05, 3.63) is 0 Å². The van der Waals surface area contributed by atoms with Crippen molar-refractivity contribution in [1.82, 2.24) is 15.8 Å². The van der Waals surface area contributed by atoms with Crippen LogP contribution in [0.5, 0.6) is 0 Å². The zero-order valence-corrected chi connectivity index (χ0v) is 23.1. The van der Waals surface area contributed by atoms with E-state index in [0.29, 0.717) is 18.2 Å². The number of hydrazone groups is 2. The zero-order valence-electron chi connectivity index (χ0n) is 23.1. The summed E-state index contributed by atoms with van der Waals surface area (Å²) in [6, 6.07) is -0.838. The van der Waals surface area contributed by atoms with Crippen molar-refractivity contribution >= 4 is 23.5 Å². The maximum Gasteiger partial charge on any atom is 0.438 e. The fraction of sp³-hybridized carbons (Fsp3) is 0.840. The topological polar surface area (TPSA) is 139 Å². The molecular formula is C25H38F6N6O4. The van der Waals surface area contributed by atoms with Crippen LogP contribution < -0.4 is 10.7 Å². The zero-order chi connectivity index (χ0) is 30.9. The number of aliphatic hydroxyl groups is 2. The fourth-order valence-corrected chi connectivity index (χ4v) is 4.84. The molecule has 2 atom stereocenters. The lowest BCUT2D eigenvalue weighted by Crippen LogP contribution is -2.59. The molecule has 2 heterocycles. The van der Waals surface area contributed by atoms with E-state index in [9.17, 15) is 41.0 Å². The van der Waals surface area contributed by atoms with E-state index in [0.717, 1.165) is 44.9 Å². The molecule has 4 rings (SSSR count). The summed E-state index contributed by atoms with van der Waals surface area (Å²) in [4.78, 5) is 25.4. The number of urea groups is 1. The second kappa shape index (κ2) is 14.5. The summed E-state index contributed by atoms with van der Waals surface area (Å²) >= 11 is 0. The number of rotatable bonds is 3. The van der Waals surface area contributed by atoms with Gasteiger partial charge in [0.15, 0.2) is 0 Å². The van der Waals surface area contributed by atoms with E-state index in [2.05, 4.69) is 20.5 Å². The first kappa shape index (κ1) is 34.5. The molecule has 41 heavy (non-hydrogen) atoms. The largest absolute Gasteiger partial charge is 0.438 e. The van der Waals surface area contributed by atoms with Crippen molar-refractivity contribution < 1.29 is 46.1 Å². The molecule has 0 spiro atoms. The van der Waals surface area contributed by atoms with Crippen LogP contribution in [0.2, 0.25) is 0 Å². The van der Waals surface area contributed by atoms with Crippen LogP contribution in [0, 0.1) is 0 Å². The van der Waals surface area contributed by atoms with Crippen molar-refractivity contribution in [3.63, 3.8) is 0 Å². The highest BCUT2D eigenvalue weighted by Crippen LogP contribution is 2.40. The van der Waals surface area contributed by atoms with Gasteiger partial charge in [0, 0.05) is 30.3 Å². The van der Waals surface area contributed by atoms with E-state index in [1.807, 2.05) is 0 Å². The molecule has 4 aliphatic rings. The van der Waals surface area contributed by atoms with Gasteiger partial charge in [-0.25, -0.2) is 14.6 Å². The number of carbonyl (C=O) groups excluding carboxylic acids is 2. The van der Waals surface area contributed by atoms with Gasteiger partial charge >= 0.3 is 18.4 Å². The van der Waals surface area contributed by atoms with Crippen LogP contribution in [0.3, 0.4) is 0 Å². The van der Waals surface area contributed by atoms with Gasteiger partial charge in [0.05, 0.1) is 6.04 Å². The molecule has 0 aromatic carbocycles. The highest BCUT2D eigenvalue weighted by atomic mass is 19.4. The second-order valence-corrected chi connectivity index (χ2v) is 10.6. The molecule has 0 radical (unpaired) electrons. The van der Waals surface area contributed by atoms with Crippen LogP contribution in [0.15, 0.2) is 15.2 Å². The smallest absolute Gasteiger partial charge is 0.362 e. The van der Waals surface area contributed by atoms with Crippen molar-refractivity contribution in [3.8, 4) is 0 Å². The molecule has 0 saturated heterocycles. The summed E-state index contributed by atoms with van der Waals surface area (Å²) in [5.41, 5.74) is -4.00. The maximum atomic E-state index is 13.0. The van der Waals surface area contributed by atoms with E-state index >= 15 is 0 Å². The number of carbonyl (C=O) groups is 1. The van der Waals surface area contributed by atoms with Crippen molar-refractivity contribution in [1.29, 1.82) is 0 Å². The predicted octanol–water partition coefficient (Wildman–Crippen LogP) is 5.01. The van der Waals surface area contributed by atoms with E-state index in [-0.39, 0.29) is 16.8 Å². The lowest BCUT2D eigenvalue weighted by molar-refractivity contribution is -0.297. The van der Waals surface area contributed by atoms with Gasteiger partial charge in [-0.1, -0.05) is 45.4 Å². The highest BCUT2D eigenvalue weighted by molar-refractivity contribution is 5.88. The Hall–Kier alpha value is -2.71. The molecule has 0 aromatic rings. The Labute approximate surface area is 234 Å². The minimum Gasteiger partial charge on any atom is -0.362 e. The lowest BCUT2D eigenvalue weighted by Gasteiger charge is -2.34. The molecule has 2 fully saturated rings. The van der Waals surface area contributed by atoms with Gasteiger partial charge in [0.25, 0.3) is 11.4 Å². The van der Waals surface area contributed by atoms with E-state index in [1.165, 1.54) is 26.2 Å². The molecule has 10 nitrogen and oxygen atoms in total. The Morgan fingerprint density at radius 1 is 1.02 bits per heavy atom. The SMILES string of the molecule is CC1=NN(C(=O)NC2CCCCC2)C(O)(C(F)(F)F)C1.CCC1=NNC(O)(C(F)(F)F)C1.O=C=NC1CCCCC1. The van der Waals surface area contributed by atoms with Crippen molar-refractivity contribution in [2.75, 3.05) is 0 Å². The Morgan fingerprint density at radius 2 is 1.59 bits per heavy atom. The molecule has 2 amide bonds. The normalized spacial score (nSPS) is 27.2. The number of aliphatic imine (C=N–C) groups is 1. The fourth-order valence-electron chi connectivity index (χ4n) is 4.84. The number of hydrogen-bond donors (Lipinski definition) is 4. The number of hydrogen-bond acceptors (Lipinski definition) is 8. The summed E-state index contributed by atoms with van der Waals surface area (Å²) in [6.07, 6.45) is 1.60. The third kappa shape index (κ3) is 9.40. The lowest BCUT2D eigenvalue weighted by atomic mass is 9.96. The Balaban J connectivity index is 0.000000237. The molecule has 0 aromatic heterocycles. The van der Waals surface area contributed by atoms with E-state index in [1.54, 1.807) is 18.4 Å². The molecule has 234 valence electrons. The van der Waals surface area contributed by atoms with Crippen LogP contribution >= 0.6 is 0 Å². The van der Waals surface area contributed by atoms with Crippen LogP contribution in [-0.4, -0.2) is 74.6 Å². The number of alkyl halides is 6. The van der Waals surface area contributed by atoms with Gasteiger partial charge in [-0.3, -0.25) is 5.43 Å². The molecule has 0 bridgehead atoms. The number of nitrogens with zero attached hydrogens (tertiary/aromatic N) is 4. The Bertz CT molecular complexity index is 988. The summed E-state index contributed by atoms with van der Waals surface area (Å²) in [5, 5.41) is 28.3. The average Bonchev–Trinajstić information content (AvgIpc) is 3.46. The van der Waals surface area contributed by atoms with Crippen molar-refractivity contribution in [2.45, 2.75) is 133 Å². The monoisotopic (exact) mass is 600 g/mol. The minimum absolute atomic E-state index is 0.0728. The van der Waals surface area contributed by atoms with Crippen LogP contribution in [0.25, 0.3) is 0 Å². The number of nitrogens with one attached hydrogen (secondary N) is 2. The third-order valence-electron chi connectivity index (χ3n) is 7.25. The molecule has 2 aliphatic heterocycles. The molecule has 2 unspecified atom stereocenters. The summed E-state index contributed by atoms with van der Waals surface area (Å²) in [7, 11) is 0. The first-order valence-electron chi connectivity index (χ1n) is 13.7. The molecular weight excluding hydrogens is 562 g/mol. The van der Waals surface area contributed by atoms with E-state index in [4.69, 9.17) is 5.11 Å². The van der Waals surface area contributed by atoms with Gasteiger partial charge in [-0.05, 0) is 39.0 Å². The number of halogens is 6. The van der Waals surface area contributed by atoms with Crippen molar-refractivity contribution in [2.24, 2.45) is 15.2 Å². The summed E-state index contributed by atoms with van der Waals surface area (Å²) in [5.74, 6) is 0. The standard InChI is InChI=1S/C12H18F3N3O2.C7H11NO.C6H9F3N2O/c1-8-7-11(20,12(13,14)15)18(17-8)10(19)16-9-5-3-2-4-6-9;9-6-8-7-4-2-1-3-5-7;1-2-4-3-5(12,11-10-4)6(7,8)9/h9,20H,2-7H2,1H3,(H,16,19);7H,1-5H2;11-12H,2-3H2,1H3. The van der Waals surface area contributed by atoms with Gasteiger partial charge in [-0.2, -0.15) is 41.6 Å². The third-order valence-corrected chi connectivity index (χ3v) is 7.25. The van der Waals surface area contributed by atoms with Gasteiger partial charge < -0.3 is 15.5 Å². The van der Waals surface area contributed by atoms with Crippen LogP contribution in [-0.2, 0) is 4.79 Å². The Kier molecular flexibility index (Phi) is 12.2. The second-order valence-electron chi connectivity index (χ2n) is 10.6. The minimum atomic E-state index is -4.95. The highest BCUT2D eigenvalue weighted by Gasteiger charge is 2.63. The number of isocyanates is 1. The number of amides is 2. The van der Waals surface area contributed by atoms with Crippen LogP contribution in [0.4, 0.5) is 31.1 Å². The van der Waals surface area contributed by atoms with Crippen LogP contribution in [0.1, 0.15) is 97.3 Å². The quantitative estimate of drug-likeness (QED) is 0.205. The molecule has 2 saturated carbocycles. The maximum absolute atomic E-state index is 13.0. The van der Waals surface area contributed by atoms with Gasteiger partial charge in [0.2, 0.25) is 6.08 Å². The molecule has 4 N–H and O–H groups in total.